The molecule has 0 aliphatic carbocycles. The summed E-state index contributed by atoms with van der Waals surface area (Å²) in [5, 5.41) is 7.12. The number of aryl methyl sites for hydroxylation is 1. The van der Waals surface area contributed by atoms with Gasteiger partial charge < -0.3 is 10.2 Å². The van der Waals surface area contributed by atoms with Crippen LogP contribution in [0.25, 0.3) is 5.52 Å². The molecule has 23 heavy (non-hydrogen) atoms. The van der Waals surface area contributed by atoms with E-state index in [1.54, 1.807) is 16.9 Å². The third-order valence-electron chi connectivity index (χ3n) is 3.64. The van der Waals surface area contributed by atoms with Gasteiger partial charge in [0.05, 0.1) is 17.3 Å². The maximum absolute atomic E-state index is 12.4. The Bertz CT molecular complexity index is 836. The van der Waals surface area contributed by atoms with E-state index in [0.29, 0.717) is 12.1 Å². The van der Waals surface area contributed by atoms with Crippen LogP contribution in [0.1, 0.15) is 21.5 Å². The van der Waals surface area contributed by atoms with E-state index in [9.17, 15) is 4.79 Å². The number of amides is 1. The normalized spacial score (nSPS) is 10.7. The molecule has 0 aliphatic heterocycles. The average Bonchev–Trinajstić information content (AvgIpc) is 2.96. The number of fused-ring (bicyclic) bond motifs is 1. The predicted octanol–water partition coefficient (Wildman–Crippen LogP) is 2.03. The highest BCUT2D eigenvalue weighted by Crippen LogP contribution is 2.13. The van der Waals surface area contributed by atoms with Crippen LogP contribution >= 0.6 is 0 Å². The molecule has 3 heterocycles. The lowest BCUT2D eigenvalue weighted by Crippen LogP contribution is -2.22. The predicted molar refractivity (Wildman–Crippen MR) is 89.7 cm³/mol. The minimum atomic E-state index is -0.137. The number of carbonyl (C=O) groups is 1. The number of hydrogen-bond acceptors (Lipinski definition) is 4. The molecule has 0 bridgehead atoms. The Morgan fingerprint density at radius 3 is 2.78 bits per heavy atom. The first kappa shape index (κ1) is 15.0. The van der Waals surface area contributed by atoms with E-state index in [2.05, 4.69) is 15.4 Å². The van der Waals surface area contributed by atoms with Crippen LogP contribution in [0, 0.1) is 6.92 Å². The summed E-state index contributed by atoms with van der Waals surface area (Å²) in [5.41, 5.74) is 3.43. The summed E-state index contributed by atoms with van der Waals surface area (Å²) in [6.07, 6.45) is 5.22. The van der Waals surface area contributed by atoms with Crippen LogP contribution in [-0.2, 0) is 6.54 Å². The third-order valence-corrected chi connectivity index (χ3v) is 3.64. The number of rotatable bonds is 4. The number of pyridine rings is 2. The summed E-state index contributed by atoms with van der Waals surface area (Å²) in [5.74, 6) is 0.750. The minimum Gasteiger partial charge on any atom is -0.363 e. The smallest absolute Gasteiger partial charge is 0.255 e. The van der Waals surface area contributed by atoms with E-state index < -0.39 is 0 Å². The molecular weight excluding hydrogens is 290 g/mol. The summed E-state index contributed by atoms with van der Waals surface area (Å²) in [6, 6.07) is 7.80. The topological polar surface area (TPSA) is 62.5 Å². The molecule has 0 fully saturated rings. The Morgan fingerprint density at radius 1 is 1.26 bits per heavy atom. The van der Waals surface area contributed by atoms with Gasteiger partial charge in [0.25, 0.3) is 5.91 Å². The summed E-state index contributed by atoms with van der Waals surface area (Å²) >= 11 is 0. The second-order valence-electron chi connectivity index (χ2n) is 5.69. The monoisotopic (exact) mass is 309 g/mol. The van der Waals surface area contributed by atoms with Crippen LogP contribution in [0.2, 0.25) is 0 Å². The molecule has 3 rings (SSSR count). The Kier molecular flexibility index (Phi) is 3.97. The highest BCUT2D eigenvalue weighted by Gasteiger charge is 2.12. The highest BCUT2D eigenvalue weighted by atomic mass is 16.1. The fraction of sp³-hybridized carbons (Fsp3) is 0.235. The maximum atomic E-state index is 12.4. The largest absolute Gasteiger partial charge is 0.363 e. The van der Waals surface area contributed by atoms with Crippen molar-refractivity contribution in [1.29, 1.82) is 0 Å². The lowest BCUT2D eigenvalue weighted by atomic mass is 10.2. The Hall–Kier alpha value is -2.89. The molecule has 1 N–H and O–H groups in total. The van der Waals surface area contributed by atoms with Gasteiger partial charge >= 0.3 is 0 Å². The molecule has 0 aromatic carbocycles. The van der Waals surface area contributed by atoms with Crippen molar-refractivity contribution in [1.82, 2.24) is 19.9 Å². The molecule has 3 aromatic heterocycles. The number of aromatic nitrogens is 3. The van der Waals surface area contributed by atoms with E-state index in [1.165, 1.54) is 0 Å². The lowest BCUT2D eigenvalue weighted by molar-refractivity contribution is 0.0952. The number of carbonyl (C=O) groups excluding carboxylic acids is 1. The van der Waals surface area contributed by atoms with E-state index in [4.69, 9.17) is 0 Å². The van der Waals surface area contributed by atoms with Gasteiger partial charge in [0.2, 0.25) is 0 Å². The van der Waals surface area contributed by atoms with Crippen LogP contribution in [0.3, 0.4) is 0 Å². The lowest BCUT2D eigenvalue weighted by Gasteiger charge is -2.11. The second kappa shape index (κ2) is 6.08. The van der Waals surface area contributed by atoms with Crippen molar-refractivity contribution in [3.8, 4) is 0 Å². The fourth-order valence-electron chi connectivity index (χ4n) is 2.32. The maximum Gasteiger partial charge on any atom is 0.255 e. The van der Waals surface area contributed by atoms with Gasteiger partial charge in [0, 0.05) is 33.0 Å². The molecule has 0 saturated carbocycles. The Labute approximate surface area is 134 Å². The molecule has 0 aliphatic rings. The molecular formula is C17H19N5O. The van der Waals surface area contributed by atoms with Crippen molar-refractivity contribution in [2.24, 2.45) is 0 Å². The first-order chi connectivity index (χ1) is 11.0. The quantitative estimate of drug-likeness (QED) is 0.801. The van der Waals surface area contributed by atoms with Gasteiger partial charge in [-0.2, -0.15) is 5.10 Å². The van der Waals surface area contributed by atoms with Crippen molar-refractivity contribution < 1.29 is 4.79 Å². The van der Waals surface area contributed by atoms with Gasteiger partial charge in [-0.25, -0.2) is 9.50 Å². The van der Waals surface area contributed by atoms with Crippen LogP contribution in [0.15, 0.2) is 42.9 Å². The van der Waals surface area contributed by atoms with Crippen molar-refractivity contribution in [3.63, 3.8) is 0 Å². The van der Waals surface area contributed by atoms with Crippen molar-refractivity contribution in [3.05, 3.63) is 59.5 Å². The molecule has 1 amide bonds. The molecule has 3 aromatic rings. The molecule has 0 unspecified atom stereocenters. The van der Waals surface area contributed by atoms with Crippen molar-refractivity contribution >= 4 is 17.2 Å². The summed E-state index contributed by atoms with van der Waals surface area (Å²) in [7, 11) is 3.88. The fourth-order valence-corrected chi connectivity index (χ4v) is 2.32. The van der Waals surface area contributed by atoms with E-state index in [-0.39, 0.29) is 5.91 Å². The zero-order chi connectivity index (χ0) is 16.4. The molecule has 0 saturated heterocycles. The van der Waals surface area contributed by atoms with Crippen molar-refractivity contribution in [2.45, 2.75) is 13.5 Å². The van der Waals surface area contributed by atoms with Crippen LogP contribution < -0.4 is 10.2 Å². The Morgan fingerprint density at radius 2 is 2.09 bits per heavy atom. The van der Waals surface area contributed by atoms with Crippen molar-refractivity contribution in [2.75, 3.05) is 19.0 Å². The average molecular weight is 309 g/mol. The second-order valence-corrected chi connectivity index (χ2v) is 5.69. The van der Waals surface area contributed by atoms with E-state index >= 15 is 0 Å². The zero-order valence-electron chi connectivity index (χ0n) is 13.4. The number of nitrogens with one attached hydrogen (secondary N) is 1. The van der Waals surface area contributed by atoms with Gasteiger partial charge in [0.1, 0.15) is 5.82 Å². The minimum absolute atomic E-state index is 0.137. The molecule has 118 valence electrons. The SMILES string of the molecule is Cc1ccn2ncc(C(=O)NCc3ccc(N(C)C)nc3)c2c1. The molecule has 0 radical (unpaired) electrons. The number of anilines is 1. The van der Waals surface area contributed by atoms with Gasteiger partial charge in [-0.3, -0.25) is 4.79 Å². The third kappa shape index (κ3) is 3.15. The summed E-state index contributed by atoms with van der Waals surface area (Å²) < 4.78 is 1.70. The zero-order valence-corrected chi connectivity index (χ0v) is 13.4. The van der Waals surface area contributed by atoms with Crippen LogP contribution in [-0.4, -0.2) is 34.6 Å². The molecule has 0 atom stereocenters. The number of nitrogens with zero attached hydrogens (tertiary/aromatic N) is 4. The van der Waals surface area contributed by atoms with Gasteiger partial charge in [-0.05, 0) is 36.2 Å². The first-order valence-electron chi connectivity index (χ1n) is 7.39. The van der Waals surface area contributed by atoms with E-state index in [0.717, 1.165) is 22.5 Å². The molecule has 6 nitrogen and oxygen atoms in total. The summed E-state index contributed by atoms with van der Waals surface area (Å²) in [4.78, 5) is 18.7. The first-order valence-corrected chi connectivity index (χ1v) is 7.39. The number of hydrogen-bond donors (Lipinski definition) is 1. The molecule has 0 spiro atoms. The van der Waals surface area contributed by atoms with E-state index in [1.807, 2.05) is 56.4 Å². The van der Waals surface area contributed by atoms with Crippen LogP contribution in [0.5, 0.6) is 0 Å². The van der Waals surface area contributed by atoms with Gasteiger partial charge in [0.15, 0.2) is 0 Å². The summed E-state index contributed by atoms with van der Waals surface area (Å²) in [6.45, 7) is 2.43. The highest BCUT2D eigenvalue weighted by molar-refractivity contribution is 6.00. The standard InChI is InChI=1S/C17H19N5O/c1-12-6-7-22-15(8-12)14(11-20-22)17(23)19-10-13-4-5-16(18-9-13)21(2)3/h4-9,11H,10H2,1-3H3,(H,19,23). The van der Waals surface area contributed by atoms with Gasteiger partial charge in [-0.1, -0.05) is 6.07 Å². The van der Waals surface area contributed by atoms with Gasteiger partial charge in [-0.15, -0.1) is 0 Å². The molecule has 6 heteroatoms. The van der Waals surface area contributed by atoms with Crippen LogP contribution in [0.4, 0.5) is 5.82 Å². The Balaban J connectivity index is 1.72.